The fourth-order valence-corrected chi connectivity index (χ4v) is 1.86. The van der Waals surface area contributed by atoms with E-state index in [1.54, 1.807) is 18.2 Å². The Morgan fingerprint density at radius 1 is 1.20 bits per heavy atom. The molecule has 0 saturated carbocycles. The quantitative estimate of drug-likeness (QED) is 0.650. The lowest BCUT2D eigenvalue weighted by molar-refractivity contribution is 0.151. The molecule has 0 fully saturated rings. The van der Waals surface area contributed by atoms with Crippen molar-refractivity contribution >= 4 is 5.82 Å². The van der Waals surface area contributed by atoms with E-state index in [2.05, 4.69) is 22.3 Å². The number of hydrogen-bond acceptors (Lipinski definition) is 4. The van der Waals surface area contributed by atoms with Crippen LogP contribution in [0.5, 0.6) is 0 Å². The van der Waals surface area contributed by atoms with Gasteiger partial charge in [0.2, 0.25) is 0 Å². The number of aromatic nitrogens is 2. The van der Waals surface area contributed by atoms with Gasteiger partial charge in [-0.3, -0.25) is 0 Å². The summed E-state index contributed by atoms with van der Waals surface area (Å²) in [5.74, 6) is 6.37. The molecule has 0 bridgehead atoms. The Balaban J connectivity index is 2.37. The van der Waals surface area contributed by atoms with Crippen LogP contribution in [0.1, 0.15) is 31.0 Å². The summed E-state index contributed by atoms with van der Waals surface area (Å²) >= 11 is 0. The Morgan fingerprint density at radius 2 is 1.90 bits per heavy atom. The molecule has 1 heterocycles. The zero-order chi connectivity index (χ0) is 14.5. The number of nitrogens with zero attached hydrogens (tertiary/aromatic N) is 2. The van der Waals surface area contributed by atoms with E-state index in [9.17, 15) is 8.78 Å². The van der Waals surface area contributed by atoms with Gasteiger partial charge in [0, 0.05) is 22.9 Å². The maximum Gasteiger partial charge on any atom is 0.263 e. The van der Waals surface area contributed by atoms with Crippen LogP contribution in [-0.4, -0.2) is 9.97 Å². The number of nitrogen functional groups attached to an aromatic ring is 1. The summed E-state index contributed by atoms with van der Waals surface area (Å²) in [4.78, 5) is 8.67. The van der Waals surface area contributed by atoms with Crippen molar-refractivity contribution < 1.29 is 8.78 Å². The summed E-state index contributed by atoms with van der Waals surface area (Å²) in [6, 6.07) is 7.72. The van der Waals surface area contributed by atoms with Crippen LogP contribution in [0.15, 0.2) is 30.3 Å². The van der Waals surface area contributed by atoms with Crippen LogP contribution < -0.4 is 11.3 Å². The van der Waals surface area contributed by atoms with Gasteiger partial charge in [-0.25, -0.2) is 24.6 Å². The maximum absolute atomic E-state index is 12.5. The molecule has 4 nitrogen and oxygen atoms in total. The molecule has 6 heteroatoms. The molecule has 0 aliphatic carbocycles. The molecule has 0 aliphatic rings. The number of aryl methyl sites for hydroxylation is 1. The van der Waals surface area contributed by atoms with Crippen molar-refractivity contribution in [3.63, 3.8) is 0 Å². The third-order valence-electron chi connectivity index (χ3n) is 2.85. The Hall–Kier alpha value is -2.08. The molecule has 2 rings (SSSR count). The van der Waals surface area contributed by atoms with E-state index in [1.165, 1.54) is 12.1 Å². The van der Waals surface area contributed by atoms with Crippen LogP contribution in [0.4, 0.5) is 14.6 Å². The highest BCUT2D eigenvalue weighted by molar-refractivity contribution is 5.58. The first-order valence-electron chi connectivity index (χ1n) is 6.37. The monoisotopic (exact) mass is 278 g/mol. The van der Waals surface area contributed by atoms with Crippen molar-refractivity contribution in [3.05, 3.63) is 41.6 Å². The molecule has 0 saturated heterocycles. The zero-order valence-corrected chi connectivity index (χ0v) is 11.1. The minimum atomic E-state index is -2.47. The SMILES string of the molecule is CCCc1cc(NN)nc(-c2ccc(C(F)F)cc2)n1. The molecule has 0 spiro atoms. The molecule has 0 unspecified atom stereocenters. The normalized spacial score (nSPS) is 10.8. The summed E-state index contributed by atoms with van der Waals surface area (Å²) in [7, 11) is 0. The van der Waals surface area contributed by atoms with Crippen LogP contribution in [0.25, 0.3) is 11.4 Å². The van der Waals surface area contributed by atoms with E-state index < -0.39 is 6.43 Å². The van der Waals surface area contributed by atoms with Crippen LogP contribution >= 0.6 is 0 Å². The Bertz CT molecular complexity index is 570. The van der Waals surface area contributed by atoms with Crippen LogP contribution in [0, 0.1) is 0 Å². The number of hydrazine groups is 1. The molecular weight excluding hydrogens is 262 g/mol. The first kappa shape index (κ1) is 14.3. The minimum absolute atomic E-state index is 0.0179. The van der Waals surface area contributed by atoms with Crippen molar-refractivity contribution in [2.75, 3.05) is 5.43 Å². The van der Waals surface area contributed by atoms with Crippen molar-refractivity contribution in [1.82, 2.24) is 9.97 Å². The summed E-state index contributed by atoms with van der Waals surface area (Å²) in [5, 5.41) is 0. The van der Waals surface area contributed by atoms with Gasteiger partial charge >= 0.3 is 0 Å². The summed E-state index contributed by atoms with van der Waals surface area (Å²) in [6.45, 7) is 2.05. The number of nitrogens with one attached hydrogen (secondary N) is 1. The van der Waals surface area contributed by atoms with E-state index in [-0.39, 0.29) is 5.56 Å². The molecule has 0 amide bonds. The summed E-state index contributed by atoms with van der Waals surface area (Å²) in [5.41, 5.74) is 4.02. The lowest BCUT2D eigenvalue weighted by atomic mass is 10.1. The third kappa shape index (κ3) is 3.27. The molecule has 106 valence electrons. The number of alkyl halides is 2. The maximum atomic E-state index is 12.5. The van der Waals surface area contributed by atoms with Gasteiger partial charge in [0.25, 0.3) is 6.43 Å². The third-order valence-corrected chi connectivity index (χ3v) is 2.85. The average molecular weight is 278 g/mol. The molecule has 0 radical (unpaired) electrons. The van der Waals surface area contributed by atoms with Gasteiger partial charge in [0.05, 0.1) is 0 Å². The first-order chi connectivity index (χ1) is 9.63. The number of anilines is 1. The van der Waals surface area contributed by atoms with Gasteiger partial charge in [-0.2, -0.15) is 0 Å². The lowest BCUT2D eigenvalue weighted by Crippen LogP contribution is -2.10. The second-order valence-electron chi connectivity index (χ2n) is 4.39. The average Bonchev–Trinajstić information content (AvgIpc) is 2.47. The van der Waals surface area contributed by atoms with Gasteiger partial charge in [-0.05, 0) is 6.42 Å². The van der Waals surface area contributed by atoms with Gasteiger partial charge < -0.3 is 5.43 Å². The smallest absolute Gasteiger partial charge is 0.263 e. The zero-order valence-electron chi connectivity index (χ0n) is 11.1. The summed E-state index contributed by atoms with van der Waals surface area (Å²) < 4.78 is 25.1. The molecule has 2 aromatic rings. The topological polar surface area (TPSA) is 63.8 Å². The highest BCUT2D eigenvalue weighted by atomic mass is 19.3. The largest absolute Gasteiger partial charge is 0.308 e. The van der Waals surface area contributed by atoms with E-state index >= 15 is 0 Å². The predicted molar refractivity (Wildman–Crippen MR) is 74.2 cm³/mol. The lowest BCUT2D eigenvalue weighted by Gasteiger charge is -2.08. The fraction of sp³-hybridized carbons (Fsp3) is 0.286. The van der Waals surface area contributed by atoms with Crippen molar-refractivity contribution in [3.8, 4) is 11.4 Å². The number of nitrogens with two attached hydrogens (primary N) is 1. The van der Waals surface area contributed by atoms with Crippen LogP contribution in [0.3, 0.4) is 0 Å². The van der Waals surface area contributed by atoms with Gasteiger partial charge in [-0.15, -0.1) is 0 Å². The highest BCUT2D eigenvalue weighted by Crippen LogP contribution is 2.23. The molecule has 3 N–H and O–H groups in total. The first-order valence-corrected chi connectivity index (χ1v) is 6.37. The predicted octanol–water partition coefficient (Wildman–Crippen LogP) is 3.32. The second-order valence-corrected chi connectivity index (χ2v) is 4.39. The van der Waals surface area contributed by atoms with Gasteiger partial charge in [-0.1, -0.05) is 37.6 Å². The Kier molecular flexibility index (Phi) is 4.57. The van der Waals surface area contributed by atoms with E-state index in [0.29, 0.717) is 17.2 Å². The van der Waals surface area contributed by atoms with Crippen molar-refractivity contribution in [2.24, 2.45) is 5.84 Å². The minimum Gasteiger partial charge on any atom is -0.308 e. The molecule has 0 atom stereocenters. The Labute approximate surface area is 116 Å². The number of benzene rings is 1. The number of hydrogen-bond donors (Lipinski definition) is 2. The molecular formula is C14H16F2N4. The summed E-state index contributed by atoms with van der Waals surface area (Å²) in [6.07, 6.45) is -0.720. The standard InChI is InChI=1S/C14H16F2N4/c1-2-3-11-8-12(20-17)19-14(18-11)10-6-4-9(5-7-10)13(15)16/h4-8,13H,2-3,17H2,1H3,(H,18,19,20). The number of halogens is 2. The highest BCUT2D eigenvalue weighted by Gasteiger charge is 2.09. The molecule has 20 heavy (non-hydrogen) atoms. The van der Waals surface area contributed by atoms with Crippen molar-refractivity contribution in [1.29, 1.82) is 0 Å². The molecule has 1 aromatic heterocycles. The van der Waals surface area contributed by atoms with E-state index in [4.69, 9.17) is 5.84 Å². The second kappa shape index (κ2) is 6.38. The van der Waals surface area contributed by atoms with Crippen LogP contribution in [-0.2, 0) is 6.42 Å². The molecule has 0 aliphatic heterocycles. The van der Waals surface area contributed by atoms with Gasteiger partial charge in [0.1, 0.15) is 5.82 Å². The van der Waals surface area contributed by atoms with E-state index in [1.807, 2.05) is 0 Å². The van der Waals surface area contributed by atoms with Gasteiger partial charge in [0.15, 0.2) is 5.82 Å². The van der Waals surface area contributed by atoms with Crippen LogP contribution in [0.2, 0.25) is 0 Å². The van der Waals surface area contributed by atoms with E-state index in [0.717, 1.165) is 18.5 Å². The fourth-order valence-electron chi connectivity index (χ4n) is 1.86. The van der Waals surface area contributed by atoms with Crippen molar-refractivity contribution in [2.45, 2.75) is 26.2 Å². The molecule has 1 aromatic carbocycles. The number of rotatable bonds is 5. The Morgan fingerprint density at radius 3 is 2.45 bits per heavy atom.